The van der Waals surface area contributed by atoms with Crippen molar-refractivity contribution in [2.45, 2.75) is 44.2 Å². The van der Waals surface area contributed by atoms with E-state index in [1.165, 1.54) is 6.33 Å². The number of nitrogens with two attached hydrogens (primary N) is 1. The summed E-state index contributed by atoms with van der Waals surface area (Å²) in [4.78, 5) is 21.6. The Kier molecular flexibility index (Phi) is 6.32. The van der Waals surface area contributed by atoms with E-state index in [4.69, 9.17) is 15.2 Å². The Morgan fingerprint density at radius 1 is 1.20 bits per heavy atom. The predicted octanol–water partition coefficient (Wildman–Crippen LogP) is 2.71. The highest BCUT2D eigenvalue weighted by Crippen LogP contribution is 2.33. The standard InChI is InChI=1S/C24H28N8O3/c1-34-12-17-10-19(31-30-17)14-3-5-16(6-4-14)29-24(33)18-11-20(15-7-8-26-21(9-15)35-2)32-22(18)23(25)27-13-28-32/h7-11,13-14,16H,3-6,12H2,1-2H3,(H,29,33)(H,30,31)(H2,25,27,28). The summed E-state index contributed by atoms with van der Waals surface area (Å²) in [5.41, 5.74) is 10.6. The van der Waals surface area contributed by atoms with Crippen LogP contribution in [0, 0.1) is 0 Å². The first-order valence-electron chi connectivity index (χ1n) is 11.5. The zero-order valence-corrected chi connectivity index (χ0v) is 19.7. The molecule has 0 spiro atoms. The number of ether oxygens (including phenoxy) is 2. The van der Waals surface area contributed by atoms with E-state index in [-0.39, 0.29) is 17.8 Å². The monoisotopic (exact) mass is 476 g/mol. The molecule has 1 saturated carbocycles. The number of H-pyrrole nitrogens is 1. The van der Waals surface area contributed by atoms with Crippen LogP contribution in [0.15, 0.2) is 36.8 Å². The number of anilines is 1. The average molecular weight is 477 g/mol. The van der Waals surface area contributed by atoms with Gasteiger partial charge in [-0.3, -0.25) is 9.89 Å². The van der Waals surface area contributed by atoms with Gasteiger partial charge in [0.25, 0.3) is 5.91 Å². The molecule has 35 heavy (non-hydrogen) atoms. The summed E-state index contributed by atoms with van der Waals surface area (Å²) in [6.07, 6.45) is 6.66. The topological polar surface area (TPSA) is 145 Å². The first-order valence-corrected chi connectivity index (χ1v) is 11.5. The van der Waals surface area contributed by atoms with Crippen LogP contribution in [0.5, 0.6) is 5.88 Å². The molecule has 1 aliphatic carbocycles. The number of fused-ring (bicyclic) bond motifs is 1. The van der Waals surface area contributed by atoms with Crippen molar-refractivity contribution in [3.05, 3.63) is 53.7 Å². The summed E-state index contributed by atoms with van der Waals surface area (Å²) < 4.78 is 12.1. The molecule has 182 valence electrons. The Bertz CT molecular complexity index is 1340. The van der Waals surface area contributed by atoms with Gasteiger partial charge in [0.2, 0.25) is 5.88 Å². The number of rotatable bonds is 7. The molecule has 4 heterocycles. The van der Waals surface area contributed by atoms with E-state index in [1.807, 2.05) is 6.07 Å². The summed E-state index contributed by atoms with van der Waals surface area (Å²) in [5.74, 6) is 0.888. The lowest BCUT2D eigenvalue weighted by molar-refractivity contribution is 0.0927. The Hall–Kier alpha value is -3.99. The van der Waals surface area contributed by atoms with Gasteiger partial charge < -0.3 is 20.5 Å². The number of aromatic amines is 1. The number of carbonyl (C=O) groups is 1. The molecule has 1 fully saturated rings. The van der Waals surface area contributed by atoms with Gasteiger partial charge in [-0.2, -0.15) is 10.2 Å². The largest absolute Gasteiger partial charge is 0.481 e. The summed E-state index contributed by atoms with van der Waals surface area (Å²) in [6, 6.07) is 7.55. The Labute approximate surface area is 202 Å². The van der Waals surface area contributed by atoms with Crippen LogP contribution in [-0.2, 0) is 11.3 Å². The van der Waals surface area contributed by atoms with Gasteiger partial charge in [0.05, 0.1) is 36.4 Å². The molecule has 4 aromatic rings. The van der Waals surface area contributed by atoms with Crippen LogP contribution < -0.4 is 15.8 Å². The highest BCUT2D eigenvalue weighted by atomic mass is 16.5. The molecule has 5 rings (SSSR count). The lowest BCUT2D eigenvalue weighted by Crippen LogP contribution is -2.37. The maximum absolute atomic E-state index is 13.4. The molecule has 0 radical (unpaired) electrons. The van der Waals surface area contributed by atoms with Crippen LogP contribution in [0.25, 0.3) is 16.8 Å². The number of nitrogens with one attached hydrogen (secondary N) is 2. The van der Waals surface area contributed by atoms with Gasteiger partial charge >= 0.3 is 0 Å². The normalized spacial score (nSPS) is 18.0. The predicted molar refractivity (Wildman–Crippen MR) is 129 cm³/mol. The van der Waals surface area contributed by atoms with Crippen molar-refractivity contribution in [3.63, 3.8) is 0 Å². The quantitative estimate of drug-likeness (QED) is 0.369. The van der Waals surface area contributed by atoms with Gasteiger partial charge in [-0.15, -0.1) is 0 Å². The third-order valence-electron chi connectivity index (χ3n) is 6.50. The number of pyridine rings is 1. The van der Waals surface area contributed by atoms with Crippen molar-refractivity contribution in [2.24, 2.45) is 0 Å². The molecule has 4 N–H and O–H groups in total. The smallest absolute Gasteiger partial charge is 0.253 e. The highest BCUT2D eigenvalue weighted by molar-refractivity contribution is 6.05. The summed E-state index contributed by atoms with van der Waals surface area (Å²) >= 11 is 0. The van der Waals surface area contributed by atoms with Crippen LogP contribution >= 0.6 is 0 Å². The molecule has 0 aliphatic heterocycles. The molecule has 0 bridgehead atoms. The van der Waals surface area contributed by atoms with Gasteiger partial charge in [0, 0.05) is 36.9 Å². The molecule has 0 unspecified atom stereocenters. The Balaban J connectivity index is 1.34. The fourth-order valence-corrected chi connectivity index (χ4v) is 4.74. The van der Waals surface area contributed by atoms with Crippen LogP contribution in [-0.4, -0.2) is 55.9 Å². The summed E-state index contributed by atoms with van der Waals surface area (Å²) in [7, 11) is 3.22. The molecular weight excluding hydrogens is 448 g/mol. The molecule has 11 nitrogen and oxygen atoms in total. The number of methoxy groups -OCH3 is 2. The van der Waals surface area contributed by atoms with Crippen LogP contribution in [0.4, 0.5) is 5.82 Å². The zero-order valence-electron chi connectivity index (χ0n) is 19.7. The number of hydrogen-bond donors (Lipinski definition) is 3. The molecule has 11 heteroatoms. The first kappa shape index (κ1) is 22.8. The molecule has 4 aromatic heterocycles. The third-order valence-corrected chi connectivity index (χ3v) is 6.50. The molecule has 0 saturated heterocycles. The zero-order chi connectivity index (χ0) is 24.4. The minimum Gasteiger partial charge on any atom is -0.481 e. The Morgan fingerprint density at radius 2 is 2.03 bits per heavy atom. The molecule has 0 aromatic carbocycles. The maximum atomic E-state index is 13.4. The van der Waals surface area contributed by atoms with Crippen molar-refractivity contribution in [3.8, 4) is 17.1 Å². The van der Waals surface area contributed by atoms with E-state index < -0.39 is 0 Å². The van der Waals surface area contributed by atoms with Crippen LogP contribution in [0.1, 0.15) is 53.3 Å². The lowest BCUT2D eigenvalue weighted by atomic mass is 9.84. The number of nitrogens with zero attached hydrogens (tertiary/aromatic N) is 5. The number of nitrogen functional groups attached to an aromatic ring is 1. The average Bonchev–Trinajstić information content (AvgIpc) is 3.51. The van der Waals surface area contributed by atoms with Crippen molar-refractivity contribution < 1.29 is 14.3 Å². The van der Waals surface area contributed by atoms with Gasteiger partial charge in [-0.25, -0.2) is 14.5 Å². The van der Waals surface area contributed by atoms with Gasteiger partial charge in [-0.1, -0.05) is 0 Å². The van der Waals surface area contributed by atoms with Crippen molar-refractivity contribution >= 4 is 17.2 Å². The van der Waals surface area contributed by atoms with Crippen molar-refractivity contribution in [1.82, 2.24) is 35.1 Å². The second-order valence-electron chi connectivity index (χ2n) is 8.71. The Morgan fingerprint density at radius 3 is 2.80 bits per heavy atom. The minimum atomic E-state index is -0.193. The number of amides is 1. The molecule has 1 aliphatic rings. The number of carbonyl (C=O) groups excluding carboxylic acids is 1. The fraction of sp³-hybridized carbons (Fsp3) is 0.375. The SMILES string of the molecule is COCc1cc(C2CCC(NC(=O)c3cc(-c4ccnc(OC)c4)n4ncnc(N)c34)CC2)n[nH]1. The van der Waals surface area contributed by atoms with Crippen LogP contribution in [0.3, 0.4) is 0 Å². The second kappa shape index (κ2) is 9.71. The van der Waals surface area contributed by atoms with Gasteiger partial charge in [0.15, 0.2) is 5.82 Å². The fourth-order valence-electron chi connectivity index (χ4n) is 4.74. The van der Waals surface area contributed by atoms with Gasteiger partial charge in [-0.05, 0) is 43.9 Å². The highest BCUT2D eigenvalue weighted by Gasteiger charge is 2.27. The third kappa shape index (κ3) is 4.54. The molecular formula is C24H28N8O3. The summed E-state index contributed by atoms with van der Waals surface area (Å²) in [5, 5.41) is 15.0. The van der Waals surface area contributed by atoms with E-state index in [0.29, 0.717) is 35.2 Å². The van der Waals surface area contributed by atoms with Crippen LogP contribution in [0.2, 0.25) is 0 Å². The van der Waals surface area contributed by atoms with Crippen molar-refractivity contribution in [2.75, 3.05) is 20.0 Å². The van der Waals surface area contributed by atoms with Gasteiger partial charge in [0.1, 0.15) is 11.8 Å². The van der Waals surface area contributed by atoms with E-state index in [0.717, 1.165) is 42.6 Å². The maximum Gasteiger partial charge on any atom is 0.253 e. The van der Waals surface area contributed by atoms with E-state index in [9.17, 15) is 4.79 Å². The minimum absolute atomic E-state index is 0.0708. The van der Waals surface area contributed by atoms with E-state index >= 15 is 0 Å². The van der Waals surface area contributed by atoms with Crippen molar-refractivity contribution in [1.29, 1.82) is 0 Å². The lowest BCUT2D eigenvalue weighted by Gasteiger charge is -2.28. The second-order valence-corrected chi connectivity index (χ2v) is 8.71. The number of hydrogen-bond acceptors (Lipinski definition) is 8. The van der Waals surface area contributed by atoms with E-state index in [2.05, 4.69) is 36.6 Å². The van der Waals surface area contributed by atoms with E-state index in [1.54, 1.807) is 37.1 Å². The summed E-state index contributed by atoms with van der Waals surface area (Å²) in [6.45, 7) is 0.519. The molecule has 1 amide bonds. The molecule has 0 atom stereocenters. The number of aromatic nitrogens is 6. The first-order chi connectivity index (χ1) is 17.1.